The van der Waals surface area contributed by atoms with E-state index in [-0.39, 0.29) is 0 Å². The monoisotopic (exact) mass is 179 g/mol. The molecule has 0 amide bonds. The SMILES string of the molecule is CCCNc1ccc(C)c(OC)c1. The minimum Gasteiger partial charge on any atom is -0.496 e. The fourth-order valence-electron chi connectivity index (χ4n) is 1.20. The van der Waals surface area contributed by atoms with Gasteiger partial charge in [-0.25, -0.2) is 0 Å². The lowest BCUT2D eigenvalue weighted by atomic mass is 10.2. The molecule has 1 rings (SSSR count). The summed E-state index contributed by atoms with van der Waals surface area (Å²) in [4.78, 5) is 0. The highest BCUT2D eigenvalue weighted by atomic mass is 16.5. The Morgan fingerprint density at radius 1 is 1.38 bits per heavy atom. The molecule has 0 heterocycles. The molecule has 0 spiro atoms. The number of anilines is 1. The first-order valence-electron chi connectivity index (χ1n) is 4.66. The number of rotatable bonds is 4. The van der Waals surface area contributed by atoms with Gasteiger partial charge in [0, 0.05) is 18.3 Å². The van der Waals surface area contributed by atoms with Crippen molar-refractivity contribution in [2.75, 3.05) is 19.0 Å². The highest BCUT2D eigenvalue weighted by Crippen LogP contribution is 2.21. The molecule has 2 heteroatoms. The molecule has 0 saturated heterocycles. The normalized spacial score (nSPS) is 9.77. The van der Waals surface area contributed by atoms with E-state index in [2.05, 4.69) is 24.4 Å². The van der Waals surface area contributed by atoms with Crippen LogP contribution in [0.2, 0.25) is 0 Å². The van der Waals surface area contributed by atoms with Gasteiger partial charge in [0.2, 0.25) is 0 Å². The van der Waals surface area contributed by atoms with E-state index in [1.54, 1.807) is 7.11 Å². The maximum atomic E-state index is 5.23. The third-order valence-corrected chi connectivity index (χ3v) is 1.99. The molecule has 0 bridgehead atoms. The van der Waals surface area contributed by atoms with E-state index in [4.69, 9.17) is 4.74 Å². The van der Waals surface area contributed by atoms with Crippen molar-refractivity contribution in [2.45, 2.75) is 20.3 Å². The summed E-state index contributed by atoms with van der Waals surface area (Å²) >= 11 is 0. The van der Waals surface area contributed by atoms with E-state index in [0.717, 1.165) is 24.4 Å². The average molecular weight is 179 g/mol. The standard InChI is InChI=1S/C11H17NO/c1-4-7-12-10-6-5-9(2)11(8-10)13-3/h5-6,8,12H,4,7H2,1-3H3. The number of ether oxygens (including phenoxy) is 1. The predicted molar refractivity (Wildman–Crippen MR) is 56.5 cm³/mol. The summed E-state index contributed by atoms with van der Waals surface area (Å²) in [5.41, 5.74) is 2.30. The minimum absolute atomic E-state index is 0.945. The van der Waals surface area contributed by atoms with Crippen LogP contribution in [0.5, 0.6) is 5.75 Å². The van der Waals surface area contributed by atoms with E-state index in [1.165, 1.54) is 5.56 Å². The molecule has 0 aliphatic heterocycles. The summed E-state index contributed by atoms with van der Waals surface area (Å²) in [6.07, 6.45) is 1.14. The molecule has 13 heavy (non-hydrogen) atoms. The van der Waals surface area contributed by atoms with Gasteiger partial charge in [-0.2, -0.15) is 0 Å². The Hall–Kier alpha value is -1.18. The molecule has 1 aromatic carbocycles. The Balaban J connectivity index is 2.74. The number of benzene rings is 1. The molecule has 0 saturated carbocycles. The van der Waals surface area contributed by atoms with Gasteiger partial charge in [-0.1, -0.05) is 13.0 Å². The van der Waals surface area contributed by atoms with E-state index >= 15 is 0 Å². The first kappa shape index (κ1) is 9.90. The topological polar surface area (TPSA) is 21.3 Å². The van der Waals surface area contributed by atoms with Crippen LogP contribution in [0.3, 0.4) is 0 Å². The molecule has 0 aliphatic rings. The second-order valence-corrected chi connectivity index (χ2v) is 3.11. The molecule has 2 nitrogen and oxygen atoms in total. The molecular weight excluding hydrogens is 162 g/mol. The summed E-state index contributed by atoms with van der Waals surface area (Å²) in [6, 6.07) is 6.18. The fraction of sp³-hybridized carbons (Fsp3) is 0.455. The molecule has 1 N–H and O–H groups in total. The van der Waals surface area contributed by atoms with Crippen molar-refractivity contribution in [1.82, 2.24) is 0 Å². The molecule has 0 fully saturated rings. The van der Waals surface area contributed by atoms with Crippen molar-refractivity contribution in [2.24, 2.45) is 0 Å². The lowest BCUT2D eigenvalue weighted by Gasteiger charge is -2.08. The summed E-state index contributed by atoms with van der Waals surface area (Å²) in [5.74, 6) is 0.945. The van der Waals surface area contributed by atoms with Crippen LogP contribution < -0.4 is 10.1 Å². The number of hydrogen-bond acceptors (Lipinski definition) is 2. The molecule has 1 aromatic rings. The Bertz CT molecular complexity index is 271. The van der Waals surface area contributed by atoms with E-state index in [9.17, 15) is 0 Å². The largest absolute Gasteiger partial charge is 0.496 e. The highest BCUT2D eigenvalue weighted by molar-refractivity contribution is 5.51. The quantitative estimate of drug-likeness (QED) is 0.767. The Morgan fingerprint density at radius 3 is 2.77 bits per heavy atom. The van der Waals surface area contributed by atoms with Gasteiger partial charge in [-0.05, 0) is 25.0 Å². The van der Waals surface area contributed by atoms with Gasteiger partial charge in [-0.15, -0.1) is 0 Å². The van der Waals surface area contributed by atoms with Crippen LogP contribution in [-0.4, -0.2) is 13.7 Å². The highest BCUT2D eigenvalue weighted by Gasteiger charge is 1.98. The molecule has 72 valence electrons. The fourth-order valence-corrected chi connectivity index (χ4v) is 1.20. The van der Waals surface area contributed by atoms with Gasteiger partial charge < -0.3 is 10.1 Å². The lowest BCUT2D eigenvalue weighted by molar-refractivity contribution is 0.412. The van der Waals surface area contributed by atoms with Gasteiger partial charge >= 0.3 is 0 Å². The van der Waals surface area contributed by atoms with Crippen LogP contribution in [0.1, 0.15) is 18.9 Å². The van der Waals surface area contributed by atoms with Gasteiger partial charge in [0.1, 0.15) is 5.75 Å². The van der Waals surface area contributed by atoms with Gasteiger partial charge in [-0.3, -0.25) is 0 Å². The second kappa shape index (κ2) is 4.75. The number of hydrogen-bond donors (Lipinski definition) is 1. The molecule has 0 radical (unpaired) electrons. The molecule has 0 aromatic heterocycles. The van der Waals surface area contributed by atoms with Crippen LogP contribution >= 0.6 is 0 Å². The van der Waals surface area contributed by atoms with Crippen molar-refractivity contribution in [1.29, 1.82) is 0 Å². The van der Waals surface area contributed by atoms with Crippen molar-refractivity contribution in [3.8, 4) is 5.75 Å². The van der Waals surface area contributed by atoms with Gasteiger partial charge in [0.15, 0.2) is 0 Å². The minimum atomic E-state index is 0.945. The molecule has 0 atom stereocenters. The van der Waals surface area contributed by atoms with Crippen LogP contribution in [0.4, 0.5) is 5.69 Å². The maximum absolute atomic E-state index is 5.23. The first-order chi connectivity index (χ1) is 6.27. The molecule has 0 aliphatic carbocycles. The zero-order valence-electron chi connectivity index (χ0n) is 8.55. The number of nitrogens with one attached hydrogen (secondary N) is 1. The number of methoxy groups -OCH3 is 1. The first-order valence-corrected chi connectivity index (χ1v) is 4.66. The summed E-state index contributed by atoms with van der Waals surface area (Å²) < 4.78 is 5.23. The van der Waals surface area contributed by atoms with Gasteiger partial charge in [0.25, 0.3) is 0 Å². The van der Waals surface area contributed by atoms with Crippen molar-refractivity contribution < 1.29 is 4.74 Å². The predicted octanol–water partition coefficient (Wildman–Crippen LogP) is 2.83. The van der Waals surface area contributed by atoms with Crippen LogP contribution in [0.25, 0.3) is 0 Å². The van der Waals surface area contributed by atoms with Crippen LogP contribution in [-0.2, 0) is 0 Å². The smallest absolute Gasteiger partial charge is 0.123 e. The summed E-state index contributed by atoms with van der Waals surface area (Å²) in [7, 11) is 1.70. The van der Waals surface area contributed by atoms with Crippen molar-refractivity contribution >= 4 is 5.69 Å². The number of aryl methyl sites for hydroxylation is 1. The Morgan fingerprint density at radius 2 is 2.15 bits per heavy atom. The third-order valence-electron chi connectivity index (χ3n) is 1.99. The lowest BCUT2D eigenvalue weighted by Crippen LogP contribution is -2.00. The Labute approximate surface area is 79.9 Å². The average Bonchev–Trinajstić information content (AvgIpc) is 2.16. The Kier molecular flexibility index (Phi) is 3.62. The van der Waals surface area contributed by atoms with Crippen LogP contribution in [0.15, 0.2) is 18.2 Å². The van der Waals surface area contributed by atoms with Crippen molar-refractivity contribution in [3.05, 3.63) is 23.8 Å². The molecular formula is C11H17NO. The van der Waals surface area contributed by atoms with E-state index in [0.29, 0.717) is 0 Å². The maximum Gasteiger partial charge on any atom is 0.123 e. The van der Waals surface area contributed by atoms with Crippen molar-refractivity contribution in [3.63, 3.8) is 0 Å². The summed E-state index contributed by atoms with van der Waals surface area (Å²) in [6.45, 7) is 5.20. The molecule has 0 unspecified atom stereocenters. The third kappa shape index (κ3) is 2.65. The zero-order chi connectivity index (χ0) is 9.68. The zero-order valence-corrected chi connectivity index (χ0v) is 8.55. The van der Waals surface area contributed by atoms with Crippen LogP contribution in [0, 0.1) is 6.92 Å². The van der Waals surface area contributed by atoms with E-state index in [1.807, 2.05) is 13.0 Å². The summed E-state index contributed by atoms with van der Waals surface area (Å²) in [5, 5.41) is 3.32. The van der Waals surface area contributed by atoms with Gasteiger partial charge in [0.05, 0.1) is 7.11 Å². The van der Waals surface area contributed by atoms with E-state index < -0.39 is 0 Å². The second-order valence-electron chi connectivity index (χ2n) is 3.11.